The molecule has 0 aliphatic carbocycles. The quantitative estimate of drug-likeness (QED) is 0.345. The lowest BCUT2D eigenvalue weighted by Crippen LogP contribution is -2.37. The monoisotopic (exact) mass is 610 g/mol. The maximum absolute atomic E-state index is 14.1. The molecule has 0 spiro atoms. The molecule has 3 aromatic rings. The minimum Gasteiger partial charge on any atom is -0.497 e. The molecule has 10 heteroatoms. The van der Waals surface area contributed by atoms with Crippen LogP contribution in [0.3, 0.4) is 0 Å². The Morgan fingerprint density at radius 1 is 1.00 bits per heavy atom. The number of hydrogen-bond acceptors (Lipinski definition) is 8. The van der Waals surface area contributed by atoms with Crippen molar-refractivity contribution in [2.75, 3.05) is 33.3 Å². The molecule has 2 aliphatic heterocycles. The van der Waals surface area contributed by atoms with Crippen molar-refractivity contribution < 1.29 is 27.0 Å². The van der Waals surface area contributed by atoms with E-state index >= 15 is 0 Å². The zero-order valence-corrected chi connectivity index (χ0v) is 26.8. The molecule has 0 atom stereocenters. The van der Waals surface area contributed by atoms with Gasteiger partial charge in [-0.1, -0.05) is 12.1 Å². The average Bonchev–Trinajstić information content (AvgIpc) is 3.21. The fourth-order valence-corrected chi connectivity index (χ4v) is 7.98. The topological polar surface area (TPSA) is 98.5 Å². The van der Waals surface area contributed by atoms with Crippen LogP contribution in [0.25, 0.3) is 0 Å². The van der Waals surface area contributed by atoms with E-state index in [0.29, 0.717) is 55.5 Å². The highest BCUT2D eigenvalue weighted by Gasteiger charge is 2.36. The Hall–Kier alpha value is -3.34. The lowest BCUT2D eigenvalue weighted by atomic mass is 9.88. The van der Waals surface area contributed by atoms with Crippen LogP contribution in [-0.4, -0.2) is 56.5 Å². The summed E-state index contributed by atoms with van der Waals surface area (Å²) in [6, 6.07) is 8.90. The number of methoxy groups -OCH3 is 1. The highest BCUT2D eigenvalue weighted by Crippen LogP contribution is 2.42. The highest BCUT2D eigenvalue weighted by molar-refractivity contribution is 7.89. The van der Waals surface area contributed by atoms with Gasteiger partial charge in [0, 0.05) is 25.7 Å². The molecular formula is C33H42N2O7S. The molecule has 43 heavy (non-hydrogen) atoms. The van der Waals surface area contributed by atoms with E-state index < -0.39 is 10.0 Å². The number of benzene rings is 2. The van der Waals surface area contributed by atoms with Crippen LogP contribution in [0.4, 0.5) is 0 Å². The molecule has 1 saturated heterocycles. The first kappa shape index (κ1) is 31.1. The second-order valence-corrected chi connectivity index (χ2v) is 14.0. The summed E-state index contributed by atoms with van der Waals surface area (Å²) in [4.78, 5) is 15.3. The van der Waals surface area contributed by atoms with Gasteiger partial charge in [0.15, 0.2) is 0 Å². The van der Waals surface area contributed by atoms with Gasteiger partial charge >= 0.3 is 0 Å². The van der Waals surface area contributed by atoms with Gasteiger partial charge in [0.05, 0.1) is 18.6 Å². The normalized spacial score (nSPS) is 17.5. The van der Waals surface area contributed by atoms with E-state index in [1.165, 1.54) is 12.3 Å². The predicted molar refractivity (Wildman–Crippen MR) is 165 cm³/mol. The molecule has 0 amide bonds. The van der Waals surface area contributed by atoms with Gasteiger partial charge in [0.2, 0.25) is 21.2 Å². The zero-order chi connectivity index (χ0) is 30.9. The van der Waals surface area contributed by atoms with Crippen molar-refractivity contribution in [1.82, 2.24) is 9.21 Å². The Morgan fingerprint density at radius 3 is 2.53 bits per heavy atom. The molecule has 3 heterocycles. The molecule has 0 radical (unpaired) electrons. The summed E-state index contributed by atoms with van der Waals surface area (Å²) in [7, 11) is -2.12. The predicted octanol–water partition coefficient (Wildman–Crippen LogP) is 5.15. The molecule has 0 unspecified atom stereocenters. The van der Waals surface area contributed by atoms with E-state index in [9.17, 15) is 13.2 Å². The zero-order valence-electron chi connectivity index (χ0n) is 26.0. The Balaban J connectivity index is 1.25. The Morgan fingerprint density at radius 2 is 1.79 bits per heavy atom. The van der Waals surface area contributed by atoms with E-state index in [-0.39, 0.29) is 23.4 Å². The van der Waals surface area contributed by atoms with Crippen LogP contribution in [0.1, 0.15) is 60.3 Å². The van der Waals surface area contributed by atoms with Crippen molar-refractivity contribution in [3.05, 3.63) is 80.4 Å². The molecule has 1 aromatic heterocycles. The molecule has 5 rings (SSSR count). The number of hydrogen-bond donors (Lipinski definition) is 0. The largest absolute Gasteiger partial charge is 0.497 e. The lowest BCUT2D eigenvalue weighted by Gasteiger charge is -2.36. The van der Waals surface area contributed by atoms with E-state index in [4.69, 9.17) is 18.6 Å². The van der Waals surface area contributed by atoms with Gasteiger partial charge in [-0.2, -0.15) is 4.31 Å². The number of nitrogens with zero attached hydrogens (tertiary/aromatic N) is 2. The molecule has 232 valence electrons. The molecule has 9 nitrogen and oxygen atoms in total. The highest BCUT2D eigenvalue weighted by atomic mass is 32.2. The SMILES string of the molecule is COc1cccc(COc2coc(CN3CCCN(S(=O)(=O)c4c(C)c(C)c5c(c4C)CCC(C)(C)O5)CC3)cc2=O)c1. The van der Waals surface area contributed by atoms with Crippen LogP contribution in [0.15, 0.2) is 50.7 Å². The van der Waals surface area contributed by atoms with Crippen LogP contribution in [0.2, 0.25) is 0 Å². The number of fused-ring (bicyclic) bond motifs is 1. The number of ether oxygens (including phenoxy) is 3. The summed E-state index contributed by atoms with van der Waals surface area (Å²) >= 11 is 0. The second-order valence-electron chi connectivity index (χ2n) is 12.1. The summed E-state index contributed by atoms with van der Waals surface area (Å²) in [5.41, 5.74) is 3.80. The van der Waals surface area contributed by atoms with Crippen molar-refractivity contribution >= 4 is 10.0 Å². The molecule has 0 N–H and O–H groups in total. The molecular weight excluding hydrogens is 568 g/mol. The summed E-state index contributed by atoms with van der Waals surface area (Å²) in [5, 5.41) is 0. The van der Waals surface area contributed by atoms with Gasteiger partial charge in [-0.15, -0.1) is 0 Å². The summed E-state index contributed by atoms with van der Waals surface area (Å²) < 4.78 is 52.8. The van der Waals surface area contributed by atoms with E-state index in [1.54, 1.807) is 11.4 Å². The first-order chi connectivity index (χ1) is 20.4. The van der Waals surface area contributed by atoms with Crippen LogP contribution in [-0.2, 0) is 29.6 Å². The summed E-state index contributed by atoms with van der Waals surface area (Å²) in [6.45, 7) is 12.5. The van der Waals surface area contributed by atoms with Gasteiger partial charge in [-0.25, -0.2) is 8.42 Å². The number of sulfonamides is 1. The van der Waals surface area contributed by atoms with Crippen molar-refractivity contribution in [2.45, 2.75) is 77.5 Å². The van der Waals surface area contributed by atoms with Gasteiger partial charge in [-0.05, 0) is 100 Å². The summed E-state index contributed by atoms with van der Waals surface area (Å²) in [5.74, 6) is 2.20. The van der Waals surface area contributed by atoms with Gasteiger partial charge < -0.3 is 18.6 Å². The van der Waals surface area contributed by atoms with Crippen molar-refractivity contribution in [2.24, 2.45) is 0 Å². The second kappa shape index (κ2) is 12.3. The third-order valence-electron chi connectivity index (χ3n) is 8.57. The molecule has 0 saturated carbocycles. The summed E-state index contributed by atoms with van der Waals surface area (Å²) in [6.07, 6.45) is 3.65. The van der Waals surface area contributed by atoms with Crippen LogP contribution in [0.5, 0.6) is 17.2 Å². The third-order valence-corrected chi connectivity index (χ3v) is 10.7. The molecule has 0 bridgehead atoms. The lowest BCUT2D eigenvalue weighted by molar-refractivity contribution is 0.0831. The maximum atomic E-state index is 14.1. The minimum absolute atomic E-state index is 0.139. The Labute approximate surface area is 254 Å². The van der Waals surface area contributed by atoms with Gasteiger partial charge in [-0.3, -0.25) is 9.69 Å². The van der Waals surface area contributed by atoms with Crippen LogP contribution < -0.4 is 19.6 Å². The fourth-order valence-electron chi connectivity index (χ4n) is 5.98. The Kier molecular flexibility index (Phi) is 8.92. The fraction of sp³-hybridized carbons (Fsp3) is 0.485. The molecule has 1 fully saturated rings. The van der Waals surface area contributed by atoms with Crippen LogP contribution in [0, 0.1) is 20.8 Å². The van der Waals surface area contributed by atoms with E-state index in [2.05, 4.69) is 18.7 Å². The van der Waals surface area contributed by atoms with Gasteiger partial charge in [0.25, 0.3) is 0 Å². The van der Waals surface area contributed by atoms with Crippen molar-refractivity contribution in [3.63, 3.8) is 0 Å². The molecule has 2 aliphatic rings. The third kappa shape index (κ3) is 6.61. The Bertz CT molecular complexity index is 1660. The smallest absolute Gasteiger partial charge is 0.243 e. The van der Waals surface area contributed by atoms with E-state index in [1.807, 2.05) is 45.0 Å². The molecule has 2 aromatic carbocycles. The maximum Gasteiger partial charge on any atom is 0.243 e. The standard InChI is InChI=1S/C33H42N2O7S/c1-22-23(2)32(24(3)28-11-12-33(4,5)42-31(22)28)43(37,38)35-14-8-13-34(15-16-35)19-27-18-29(36)30(21-40-27)41-20-25-9-7-10-26(17-25)39-6/h7,9-10,17-18,21H,8,11-16,19-20H2,1-6H3. The van der Waals surface area contributed by atoms with Crippen molar-refractivity contribution in [3.8, 4) is 17.2 Å². The first-order valence-electron chi connectivity index (χ1n) is 14.8. The van der Waals surface area contributed by atoms with Crippen molar-refractivity contribution in [1.29, 1.82) is 0 Å². The van der Waals surface area contributed by atoms with E-state index in [0.717, 1.165) is 46.4 Å². The average molecular weight is 611 g/mol. The number of rotatable bonds is 8. The first-order valence-corrected chi connectivity index (χ1v) is 16.3. The van der Waals surface area contributed by atoms with Crippen LogP contribution >= 0.6 is 0 Å². The van der Waals surface area contributed by atoms with Gasteiger partial charge in [0.1, 0.15) is 35.7 Å². The minimum atomic E-state index is -3.72.